The molecule has 0 aliphatic heterocycles. The summed E-state index contributed by atoms with van der Waals surface area (Å²) in [6, 6.07) is 9.57. The zero-order chi connectivity index (χ0) is 14.4. The van der Waals surface area contributed by atoms with Gasteiger partial charge in [0.15, 0.2) is 0 Å². The molecule has 1 atom stereocenters. The summed E-state index contributed by atoms with van der Waals surface area (Å²) in [6.07, 6.45) is 5.49. The van der Waals surface area contributed by atoms with Gasteiger partial charge in [-0.3, -0.25) is 0 Å². The van der Waals surface area contributed by atoms with E-state index in [1.54, 1.807) is 7.11 Å². The summed E-state index contributed by atoms with van der Waals surface area (Å²) < 4.78 is 5.35. The monoisotopic (exact) mass is 276 g/mol. The Morgan fingerprint density at radius 1 is 1.35 bits per heavy atom. The Morgan fingerprint density at radius 2 is 2.10 bits per heavy atom. The molecule has 0 aromatic heterocycles. The Labute approximate surface area is 123 Å². The number of hydrogen-bond donors (Lipinski definition) is 1. The number of nitrogens with one attached hydrogen (secondary N) is 1. The molecule has 1 aromatic rings. The summed E-state index contributed by atoms with van der Waals surface area (Å²) in [6.45, 7) is 4.22. The fourth-order valence-electron chi connectivity index (χ4n) is 3.17. The first-order chi connectivity index (χ1) is 9.74. The summed E-state index contributed by atoms with van der Waals surface area (Å²) in [7, 11) is 3.99. The second kappa shape index (κ2) is 7.65. The number of methoxy groups -OCH3 is 1. The normalized spacial score (nSPS) is 17.6. The Hall–Kier alpha value is -1.06. The van der Waals surface area contributed by atoms with Crippen molar-refractivity contribution in [2.45, 2.75) is 44.7 Å². The van der Waals surface area contributed by atoms with Crippen molar-refractivity contribution < 1.29 is 4.74 Å². The lowest BCUT2D eigenvalue weighted by molar-refractivity contribution is 0.219. The van der Waals surface area contributed by atoms with Gasteiger partial charge in [0.05, 0.1) is 7.11 Å². The quantitative estimate of drug-likeness (QED) is 0.827. The number of hydrogen-bond acceptors (Lipinski definition) is 3. The van der Waals surface area contributed by atoms with Gasteiger partial charge in [0, 0.05) is 18.6 Å². The molecule has 2 rings (SSSR count). The summed E-state index contributed by atoms with van der Waals surface area (Å²) in [5.74, 6) is 0.939. The van der Waals surface area contributed by atoms with Crippen LogP contribution in [0, 0.1) is 0 Å². The van der Waals surface area contributed by atoms with Crippen LogP contribution in [0.25, 0.3) is 0 Å². The molecule has 1 unspecified atom stereocenters. The fraction of sp³-hybridized carbons (Fsp3) is 0.647. The van der Waals surface area contributed by atoms with E-state index in [-0.39, 0.29) is 0 Å². The van der Waals surface area contributed by atoms with Crippen molar-refractivity contribution in [3.63, 3.8) is 0 Å². The molecular weight excluding hydrogens is 248 g/mol. The van der Waals surface area contributed by atoms with Crippen LogP contribution in [0.5, 0.6) is 5.75 Å². The third kappa shape index (κ3) is 3.97. The fourth-order valence-corrected chi connectivity index (χ4v) is 3.17. The molecule has 20 heavy (non-hydrogen) atoms. The highest BCUT2D eigenvalue weighted by Gasteiger charge is 2.22. The molecule has 1 aromatic carbocycles. The maximum absolute atomic E-state index is 5.35. The maximum Gasteiger partial charge on any atom is 0.119 e. The molecule has 1 fully saturated rings. The van der Waals surface area contributed by atoms with Gasteiger partial charge in [-0.15, -0.1) is 0 Å². The topological polar surface area (TPSA) is 24.5 Å². The molecule has 0 heterocycles. The minimum atomic E-state index is 0.376. The number of nitrogens with zero attached hydrogens (tertiary/aromatic N) is 1. The Kier molecular flexibility index (Phi) is 5.86. The van der Waals surface area contributed by atoms with E-state index in [0.717, 1.165) is 24.9 Å². The summed E-state index contributed by atoms with van der Waals surface area (Å²) in [5.41, 5.74) is 1.32. The van der Waals surface area contributed by atoms with Gasteiger partial charge >= 0.3 is 0 Å². The van der Waals surface area contributed by atoms with E-state index < -0.39 is 0 Å². The highest BCUT2D eigenvalue weighted by Crippen LogP contribution is 2.25. The smallest absolute Gasteiger partial charge is 0.119 e. The van der Waals surface area contributed by atoms with Gasteiger partial charge in [-0.25, -0.2) is 0 Å². The van der Waals surface area contributed by atoms with E-state index in [2.05, 4.69) is 42.4 Å². The van der Waals surface area contributed by atoms with Gasteiger partial charge in [-0.1, -0.05) is 31.9 Å². The second-order valence-electron chi connectivity index (χ2n) is 5.76. The molecule has 1 aliphatic carbocycles. The highest BCUT2D eigenvalue weighted by atomic mass is 16.5. The Balaban J connectivity index is 2.04. The lowest BCUT2D eigenvalue weighted by Crippen LogP contribution is -2.37. The van der Waals surface area contributed by atoms with Crippen molar-refractivity contribution >= 4 is 0 Å². The lowest BCUT2D eigenvalue weighted by atomic mass is 10.0. The molecule has 112 valence electrons. The average Bonchev–Trinajstić information content (AvgIpc) is 3.01. The molecule has 3 heteroatoms. The van der Waals surface area contributed by atoms with E-state index >= 15 is 0 Å². The summed E-state index contributed by atoms with van der Waals surface area (Å²) in [4.78, 5) is 2.53. The first kappa shape index (κ1) is 15.3. The predicted molar refractivity (Wildman–Crippen MR) is 84.3 cm³/mol. The van der Waals surface area contributed by atoms with E-state index in [4.69, 9.17) is 4.74 Å². The first-order valence-corrected chi connectivity index (χ1v) is 7.82. The zero-order valence-electron chi connectivity index (χ0n) is 13.1. The molecule has 1 saturated carbocycles. The molecule has 0 spiro atoms. The molecule has 0 amide bonds. The number of benzene rings is 1. The third-order valence-corrected chi connectivity index (χ3v) is 4.37. The van der Waals surface area contributed by atoms with Crippen LogP contribution in [-0.2, 0) is 0 Å². The van der Waals surface area contributed by atoms with Crippen LogP contribution >= 0.6 is 0 Å². The van der Waals surface area contributed by atoms with E-state index in [1.807, 2.05) is 6.07 Å². The van der Waals surface area contributed by atoms with Gasteiger partial charge < -0.3 is 15.0 Å². The van der Waals surface area contributed by atoms with Crippen molar-refractivity contribution in [1.82, 2.24) is 10.2 Å². The second-order valence-corrected chi connectivity index (χ2v) is 5.76. The van der Waals surface area contributed by atoms with Crippen LogP contribution in [0.1, 0.15) is 44.2 Å². The minimum Gasteiger partial charge on any atom is -0.497 e. The maximum atomic E-state index is 5.35. The Bertz CT molecular complexity index is 402. The van der Waals surface area contributed by atoms with Crippen LogP contribution in [0.2, 0.25) is 0 Å². The molecule has 1 N–H and O–H groups in total. The van der Waals surface area contributed by atoms with Crippen LogP contribution in [0.15, 0.2) is 24.3 Å². The van der Waals surface area contributed by atoms with Crippen LogP contribution in [0.4, 0.5) is 0 Å². The molecule has 0 bridgehead atoms. The van der Waals surface area contributed by atoms with Gasteiger partial charge in [0.2, 0.25) is 0 Å². The van der Waals surface area contributed by atoms with Crippen molar-refractivity contribution in [2.75, 3.05) is 27.2 Å². The van der Waals surface area contributed by atoms with Gasteiger partial charge in [0.25, 0.3) is 0 Å². The first-order valence-electron chi connectivity index (χ1n) is 7.82. The molecule has 3 nitrogen and oxygen atoms in total. The lowest BCUT2D eigenvalue weighted by Gasteiger charge is -2.29. The number of ether oxygens (including phenoxy) is 1. The number of likely N-dealkylation sites (N-methyl/N-ethyl adjacent to an activating group) is 2. The Morgan fingerprint density at radius 3 is 2.75 bits per heavy atom. The standard InChI is InChI=1S/C17H28N2O/c1-4-18-17(13-19(2)15-9-5-6-10-15)14-8-7-11-16(12-14)20-3/h7-8,11-12,15,17-18H,4-6,9-10,13H2,1-3H3. The van der Waals surface area contributed by atoms with E-state index in [0.29, 0.717) is 6.04 Å². The largest absolute Gasteiger partial charge is 0.497 e. The van der Waals surface area contributed by atoms with Crippen molar-refractivity contribution in [3.8, 4) is 5.75 Å². The minimum absolute atomic E-state index is 0.376. The molecule has 0 radical (unpaired) electrons. The molecule has 1 aliphatic rings. The zero-order valence-corrected chi connectivity index (χ0v) is 13.1. The van der Waals surface area contributed by atoms with Crippen molar-refractivity contribution in [3.05, 3.63) is 29.8 Å². The summed E-state index contributed by atoms with van der Waals surface area (Å²) >= 11 is 0. The average molecular weight is 276 g/mol. The van der Waals surface area contributed by atoms with Gasteiger partial charge in [-0.2, -0.15) is 0 Å². The van der Waals surface area contributed by atoms with Crippen LogP contribution < -0.4 is 10.1 Å². The van der Waals surface area contributed by atoms with Crippen LogP contribution in [-0.4, -0.2) is 38.2 Å². The van der Waals surface area contributed by atoms with E-state index in [1.165, 1.54) is 31.2 Å². The predicted octanol–water partition coefficient (Wildman–Crippen LogP) is 3.22. The SMILES string of the molecule is CCNC(CN(C)C1CCCC1)c1cccc(OC)c1. The van der Waals surface area contributed by atoms with Crippen LogP contribution in [0.3, 0.4) is 0 Å². The number of rotatable bonds is 7. The molecule has 0 saturated heterocycles. The molecular formula is C17H28N2O. The highest BCUT2D eigenvalue weighted by molar-refractivity contribution is 5.30. The van der Waals surface area contributed by atoms with E-state index in [9.17, 15) is 0 Å². The van der Waals surface area contributed by atoms with Crippen molar-refractivity contribution in [1.29, 1.82) is 0 Å². The van der Waals surface area contributed by atoms with Crippen molar-refractivity contribution in [2.24, 2.45) is 0 Å². The van der Waals surface area contributed by atoms with Gasteiger partial charge in [0.1, 0.15) is 5.75 Å². The third-order valence-electron chi connectivity index (χ3n) is 4.37. The van der Waals surface area contributed by atoms with Gasteiger partial charge in [-0.05, 0) is 44.1 Å². The summed E-state index contributed by atoms with van der Waals surface area (Å²) in [5, 5.41) is 3.61.